The molecule has 0 fully saturated rings. The number of rotatable bonds is 9. The van der Waals surface area contributed by atoms with E-state index >= 15 is 0 Å². The molecule has 1 aromatic heterocycles. The van der Waals surface area contributed by atoms with E-state index in [0.29, 0.717) is 19.4 Å². The van der Waals surface area contributed by atoms with Crippen molar-refractivity contribution in [2.45, 2.75) is 45.2 Å². The fraction of sp³-hybridized carbons (Fsp3) is 0.615. The quantitative estimate of drug-likeness (QED) is 0.593. The third-order valence-electron chi connectivity index (χ3n) is 2.87. The van der Waals surface area contributed by atoms with Crippen LogP contribution in [-0.2, 0) is 11.3 Å². The van der Waals surface area contributed by atoms with Crippen LogP contribution < -0.4 is 10.6 Å². The summed E-state index contributed by atoms with van der Waals surface area (Å²) in [5, 5.41) is 14.0. The number of amides is 2. The fourth-order valence-electron chi connectivity index (χ4n) is 1.80. The average molecular weight is 282 g/mol. The molecule has 1 rings (SSSR count). The molecule has 7 nitrogen and oxygen atoms in total. The smallest absolute Gasteiger partial charge is 0.326 e. The first-order valence-corrected chi connectivity index (χ1v) is 6.86. The third kappa shape index (κ3) is 6.21. The fourth-order valence-corrected chi connectivity index (χ4v) is 1.80. The zero-order valence-corrected chi connectivity index (χ0v) is 11.7. The Bertz CT molecular complexity index is 406. The second-order valence-electron chi connectivity index (χ2n) is 4.59. The van der Waals surface area contributed by atoms with Crippen molar-refractivity contribution in [2.24, 2.45) is 0 Å². The highest BCUT2D eigenvalue weighted by molar-refractivity contribution is 5.82. The number of imidazole rings is 1. The van der Waals surface area contributed by atoms with Gasteiger partial charge in [0.1, 0.15) is 6.04 Å². The van der Waals surface area contributed by atoms with Gasteiger partial charge < -0.3 is 20.3 Å². The number of carbonyl (C=O) groups excluding carboxylic acids is 1. The van der Waals surface area contributed by atoms with Crippen LogP contribution in [0.5, 0.6) is 0 Å². The van der Waals surface area contributed by atoms with Crippen LogP contribution in [0.4, 0.5) is 4.79 Å². The highest BCUT2D eigenvalue weighted by Crippen LogP contribution is 1.97. The lowest BCUT2D eigenvalue weighted by molar-refractivity contribution is -0.139. The number of nitrogens with one attached hydrogen (secondary N) is 2. The SMILES string of the molecule is CCC[C@@H](NC(=O)NCCCCn1ccnc1)C(=O)O. The lowest BCUT2D eigenvalue weighted by Crippen LogP contribution is -2.46. The molecule has 0 saturated heterocycles. The topological polar surface area (TPSA) is 96.3 Å². The molecule has 1 heterocycles. The first-order valence-electron chi connectivity index (χ1n) is 6.86. The maximum atomic E-state index is 11.5. The van der Waals surface area contributed by atoms with Crippen LogP contribution in [0, 0.1) is 0 Å². The molecule has 2 amide bonds. The van der Waals surface area contributed by atoms with E-state index in [-0.39, 0.29) is 0 Å². The van der Waals surface area contributed by atoms with Gasteiger partial charge >= 0.3 is 12.0 Å². The minimum Gasteiger partial charge on any atom is -0.480 e. The van der Waals surface area contributed by atoms with E-state index in [0.717, 1.165) is 19.4 Å². The van der Waals surface area contributed by atoms with Crippen LogP contribution in [-0.4, -0.2) is 39.2 Å². The van der Waals surface area contributed by atoms with Gasteiger partial charge in [0, 0.05) is 25.5 Å². The van der Waals surface area contributed by atoms with Gasteiger partial charge in [-0.05, 0) is 19.3 Å². The van der Waals surface area contributed by atoms with Crippen molar-refractivity contribution in [1.29, 1.82) is 0 Å². The Kier molecular flexibility index (Phi) is 7.16. The second kappa shape index (κ2) is 8.95. The summed E-state index contributed by atoms with van der Waals surface area (Å²) in [6.45, 7) is 3.27. The van der Waals surface area contributed by atoms with Gasteiger partial charge in [-0.2, -0.15) is 0 Å². The number of aryl methyl sites for hydroxylation is 1. The van der Waals surface area contributed by atoms with Gasteiger partial charge in [0.25, 0.3) is 0 Å². The van der Waals surface area contributed by atoms with Gasteiger partial charge in [0.2, 0.25) is 0 Å². The Morgan fingerprint density at radius 2 is 2.20 bits per heavy atom. The van der Waals surface area contributed by atoms with Gasteiger partial charge in [-0.15, -0.1) is 0 Å². The summed E-state index contributed by atoms with van der Waals surface area (Å²) in [6.07, 6.45) is 8.27. The lowest BCUT2D eigenvalue weighted by atomic mass is 10.2. The molecule has 112 valence electrons. The molecule has 3 N–H and O–H groups in total. The predicted molar refractivity (Wildman–Crippen MR) is 74.3 cm³/mol. The van der Waals surface area contributed by atoms with E-state index in [4.69, 9.17) is 5.11 Å². The molecule has 0 aliphatic rings. The third-order valence-corrected chi connectivity index (χ3v) is 2.87. The predicted octanol–water partition coefficient (Wildman–Crippen LogP) is 1.22. The van der Waals surface area contributed by atoms with E-state index in [1.54, 1.807) is 12.5 Å². The summed E-state index contributed by atoms with van der Waals surface area (Å²) in [5.74, 6) is -0.998. The average Bonchev–Trinajstić information content (AvgIpc) is 2.91. The van der Waals surface area contributed by atoms with E-state index in [1.807, 2.05) is 17.7 Å². The van der Waals surface area contributed by atoms with Gasteiger partial charge in [-0.3, -0.25) is 0 Å². The zero-order chi connectivity index (χ0) is 14.8. The number of aliphatic carboxylic acids is 1. The molecular weight excluding hydrogens is 260 g/mol. The number of nitrogens with zero attached hydrogens (tertiary/aromatic N) is 2. The summed E-state index contributed by atoms with van der Waals surface area (Å²) in [4.78, 5) is 26.3. The van der Waals surface area contributed by atoms with Gasteiger partial charge in [0.15, 0.2) is 0 Å². The number of carboxylic acids is 1. The Hall–Kier alpha value is -2.05. The van der Waals surface area contributed by atoms with Gasteiger partial charge in [-0.25, -0.2) is 14.6 Å². The zero-order valence-electron chi connectivity index (χ0n) is 11.7. The molecule has 0 saturated carbocycles. The Morgan fingerprint density at radius 1 is 1.40 bits per heavy atom. The van der Waals surface area contributed by atoms with Crippen molar-refractivity contribution in [1.82, 2.24) is 20.2 Å². The minimum absolute atomic E-state index is 0.423. The lowest BCUT2D eigenvalue weighted by Gasteiger charge is -2.14. The van der Waals surface area contributed by atoms with Gasteiger partial charge in [0.05, 0.1) is 6.33 Å². The molecule has 0 aliphatic heterocycles. The number of carbonyl (C=O) groups is 2. The van der Waals surface area contributed by atoms with Crippen molar-refractivity contribution >= 4 is 12.0 Å². The van der Waals surface area contributed by atoms with Crippen molar-refractivity contribution in [3.63, 3.8) is 0 Å². The summed E-state index contributed by atoms with van der Waals surface area (Å²) in [6, 6.07) is -1.24. The summed E-state index contributed by atoms with van der Waals surface area (Å²) >= 11 is 0. The van der Waals surface area contributed by atoms with Crippen LogP contribution in [0.1, 0.15) is 32.6 Å². The Morgan fingerprint density at radius 3 is 2.80 bits per heavy atom. The standard InChI is InChI=1S/C13H22N4O3/c1-2-5-11(12(18)19)16-13(20)15-6-3-4-8-17-9-7-14-10-17/h7,9-11H,2-6,8H2,1H3,(H,18,19)(H2,15,16,20)/t11-/m1/s1. The molecule has 0 spiro atoms. The van der Waals surface area contributed by atoms with E-state index < -0.39 is 18.0 Å². The first-order chi connectivity index (χ1) is 9.63. The van der Waals surface area contributed by atoms with E-state index in [9.17, 15) is 9.59 Å². The number of carboxylic acid groups (broad SMARTS) is 1. The highest BCUT2D eigenvalue weighted by atomic mass is 16.4. The normalized spacial score (nSPS) is 11.8. The van der Waals surface area contributed by atoms with Crippen LogP contribution in [0.25, 0.3) is 0 Å². The van der Waals surface area contributed by atoms with Gasteiger partial charge in [-0.1, -0.05) is 13.3 Å². The van der Waals surface area contributed by atoms with Crippen molar-refractivity contribution in [3.8, 4) is 0 Å². The molecule has 20 heavy (non-hydrogen) atoms. The van der Waals surface area contributed by atoms with Crippen molar-refractivity contribution in [2.75, 3.05) is 6.54 Å². The number of unbranched alkanes of at least 4 members (excludes halogenated alkanes) is 1. The summed E-state index contributed by atoms with van der Waals surface area (Å²) in [5.41, 5.74) is 0. The maximum absolute atomic E-state index is 11.5. The van der Waals surface area contributed by atoms with Crippen LogP contribution in [0.3, 0.4) is 0 Å². The molecule has 1 aromatic rings. The van der Waals surface area contributed by atoms with E-state index in [1.165, 1.54) is 0 Å². The Balaban J connectivity index is 2.11. The Labute approximate surface area is 118 Å². The molecule has 0 radical (unpaired) electrons. The number of aromatic nitrogens is 2. The second-order valence-corrected chi connectivity index (χ2v) is 4.59. The number of urea groups is 1. The molecule has 0 unspecified atom stereocenters. The minimum atomic E-state index is -0.998. The van der Waals surface area contributed by atoms with Crippen LogP contribution in [0.15, 0.2) is 18.7 Å². The largest absolute Gasteiger partial charge is 0.480 e. The number of hydrogen-bond donors (Lipinski definition) is 3. The molecule has 7 heteroatoms. The van der Waals surface area contributed by atoms with Crippen LogP contribution in [0.2, 0.25) is 0 Å². The summed E-state index contributed by atoms with van der Waals surface area (Å²) < 4.78 is 1.97. The van der Waals surface area contributed by atoms with Crippen molar-refractivity contribution < 1.29 is 14.7 Å². The molecular formula is C13H22N4O3. The van der Waals surface area contributed by atoms with Crippen LogP contribution >= 0.6 is 0 Å². The number of hydrogen-bond acceptors (Lipinski definition) is 3. The first kappa shape index (κ1) is 16.0. The highest BCUT2D eigenvalue weighted by Gasteiger charge is 2.18. The molecule has 0 bridgehead atoms. The van der Waals surface area contributed by atoms with Crippen molar-refractivity contribution in [3.05, 3.63) is 18.7 Å². The monoisotopic (exact) mass is 282 g/mol. The maximum Gasteiger partial charge on any atom is 0.326 e. The molecule has 0 aliphatic carbocycles. The van der Waals surface area contributed by atoms with E-state index in [2.05, 4.69) is 15.6 Å². The molecule has 1 atom stereocenters. The molecule has 0 aromatic carbocycles. The summed E-state index contributed by atoms with van der Waals surface area (Å²) in [7, 11) is 0.